The molecule has 0 aliphatic carbocycles. The number of benzene rings is 1. The fourth-order valence-corrected chi connectivity index (χ4v) is 3.26. The number of aromatic amines is 1. The van der Waals surface area contributed by atoms with Gasteiger partial charge in [0.2, 0.25) is 0 Å². The predicted molar refractivity (Wildman–Crippen MR) is 82.7 cm³/mol. The van der Waals surface area contributed by atoms with E-state index in [0.717, 1.165) is 28.3 Å². The van der Waals surface area contributed by atoms with E-state index in [0.29, 0.717) is 12.2 Å². The van der Waals surface area contributed by atoms with E-state index in [2.05, 4.69) is 47.6 Å². The van der Waals surface area contributed by atoms with E-state index in [1.807, 2.05) is 6.92 Å². The number of ether oxygens (including phenoxy) is 1. The van der Waals surface area contributed by atoms with E-state index in [4.69, 9.17) is 4.74 Å². The number of fused-ring (bicyclic) bond motifs is 1. The predicted octanol–water partition coefficient (Wildman–Crippen LogP) is 2.70. The largest absolute Gasteiger partial charge is 0.456 e. The first-order valence-electron chi connectivity index (χ1n) is 7.35. The smallest absolute Gasteiger partial charge is 0.337 e. The van der Waals surface area contributed by atoms with Crippen molar-refractivity contribution in [3.05, 3.63) is 57.4 Å². The van der Waals surface area contributed by atoms with Crippen molar-refractivity contribution in [2.45, 2.75) is 26.7 Å². The maximum atomic E-state index is 12.2. The van der Waals surface area contributed by atoms with E-state index in [-0.39, 0.29) is 11.9 Å². The Morgan fingerprint density at radius 2 is 2.05 bits per heavy atom. The Labute approximate surface area is 128 Å². The Morgan fingerprint density at radius 1 is 1.23 bits per heavy atom. The van der Waals surface area contributed by atoms with Crippen LogP contribution >= 0.6 is 0 Å². The Morgan fingerprint density at radius 3 is 2.82 bits per heavy atom. The summed E-state index contributed by atoms with van der Waals surface area (Å²) >= 11 is 0. The van der Waals surface area contributed by atoms with E-state index >= 15 is 0 Å². The van der Waals surface area contributed by atoms with Gasteiger partial charge in [-0.15, -0.1) is 0 Å². The van der Waals surface area contributed by atoms with Crippen molar-refractivity contribution in [2.75, 3.05) is 11.9 Å². The molecule has 4 rings (SSSR count). The summed E-state index contributed by atoms with van der Waals surface area (Å²) in [5.41, 5.74) is 7.09. The molecule has 0 bridgehead atoms. The highest BCUT2D eigenvalue weighted by Crippen LogP contribution is 2.44. The van der Waals surface area contributed by atoms with Gasteiger partial charge < -0.3 is 10.1 Å². The van der Waals surface area contributed by atoms with Gasteiger partial charge in [-0.25, -0.2) is 4.79 Å². The third-order valence-corrected chi connectivity index (χ3v) is 4.60. The first kappa shape index (κ1) is 13.1. The molecule has 0 radical (unpaired) electrons. The van der Waals surface area contributed by atoms with Gasteiger partial charge in [0.15, 0.2) is 5.82 Å². The number of hydrogen-bond acceptors (Lipinski definition) is 4. The summed E-state index contributed by atoms with van der Waals surface area (Å²) in [6.07, 6.45) is 0. The van der Waals surface area contributed by atoms with Crippen LogP contribution in [0.15, 0.2) is 29.5 Å². The molecule has 0 amide bonds. The second-order valence-electron chi connectivity index (χ2n) is 5.98. The number of nitrogens with one attached hydrogen (secondary N) is 2. The molecule has 5 heteroatoms. The Kier molecular flexibility index (Phi) is 2.66. The summed E-state index contributed by atoms with van der Waals surface area (Å²) < 4.78 is 5.23. The zero-order chi connectivity index (χ0) is 15.4. The molecule has 1 aromatic carbocycles. The molecular formula is C17H17N3O2. The van der Waals surface area contributed by atoms with Crippen molar-refractivity contribution in [3.8, 4) is 0 Å². The van der Waals surface area contributed by atoms with Crippen LogP contribution in [-0.4, -0.2) is 22.8 Å². The maximum absolute atomic E-state index is 12.2. The average Bonchev–Trinajstić information content (AvgIpc) is 3.05. The summed E-state index contributed by atoms with van der Waals surface area (Å²) in [4.78, 5) is 12.2. The highest BCUT2D eigenvalue weighted by atomic mass is 16.5. The lowest BCUT2D eigenvalue weighted by atomic mass is 9.81. The molecule has 2 aliphatic rings. The molecule has 0 unspecified atom stereocenters. The zero-order valence-electron chi connectivity index (χ0n) is 12.8. The number of esters is 1. The summed E-state index contributed by atoms with van der Waals surface area (Å²) in [7, 11) is 0. The van der Waals surface area contributed by atoms with Gasteiger partial charge >= 0.3 is 5.97 Å². The maximum Gasteiger partial charge on any atom is 0.337 e. The zero-order valence-corrected chi connectivity index (χ0v) is 12.8. The Bertz CT molecular complexity index is 832. The quantitative estimate of drug-likeness (QED) is 0.794. The molecule has 0 fully saturated rings. The molecule has 3 heterocycles. The van der Waals surface area contributed by atoms with Crippen LogP contribution in [0, 0.1) is 20.8 Å². The monoisotopic (exact) mass is 295 g/mol. The number of hydrogen-bond donors (Lipinski definition) is 2. The van der Waals surface area contributed by atoms with Gasteiger partial charge in [0, 0.05) is 17.2 Å². The molecule has 1 aromatic heterocycles. The van der Waals surface area contributed by atoms with Crippen LogP contribution in [0.4, 0.5) is 5.82 Å². The lowest BCUT2D eigenvalue weighted by Crippen LogP contribution is -2.20. The fraction of sp³-hybridized carbons (Fsp3) is 0.294. The van der Waals surface area contributed by atoms with Gasteiger partial charge in [0.25, 0.3) is 0 Å². The van der Waals surface area contributed by atoms with Gasteiger partial charge in [-0.05, 0) is 37.5 Å². The van der Waals surface area contributed by atoms with Crippen LogP contribution in [0.3, 0.4) is 0 Å². The van der Waals surface area contributed by atoms with Crippen LogP contribution in [0.2, 0.25) is 0 Å². The van der Waals surface area contributed by atoms with Crippen molar-refractivity contribution >= 4 is 11.8 Å². The number of H-pyrrole nitrogens is 1. The standard InChI is InChI=1S/C17H17N3O2/c1-8-4-5-11(6-9(8)2)14-13-10(3)19-20-16(13)18-12-7-22-17(21)15(12)14/h4-6,14H,7H2,1-3H3,(H2,18,19,20)/t14-/m1/s1. The van der Waals surface area contributed by atoms with E-state index in [1.54, 1.807) is 0 Å². The molecular weight excluding hydrogens is 278 g/mol. The Balaban J connectivity index is 1.95. The van der Waals surface area contributed by atoms with E-state index in [9.17, 15) is 4.79 Å². The summed E-state index contributed by atoms with van der Waals surface area (Å²) in [5, 5.41) is 10.6. The van der Waals surface area contributed by atoms with Crippen LogP contribution in [0.5, 0.6) is 0 Å². The summed E-state index contributed by atoms with van der Waals surface area (Å²) in [6.45, 7) is 6.45. The van der Waals surface area contributed by atoms with Crippen LogP contribution < -0.4 is 5.32 Å². The highest BCUT2D eigenvalue weighted by molar-refractivity contribution is 5.97. The molecule has 0 saturated heterocycles. The number of cyclic esters (lactones) is 1. The van der Waals surface area contributed by atoms with E-state index < -0.39 is 0 Å². The van der Waals surface area contributed by atoms with Crippen molar-refractivity contribution < 1.29 is 9.53 Å². The lowest BCUT2D eigenvalue weighted by molar-refractivity contribution is -0.136. The van der Waals surface area contributed by atoms with Crippen molar-refractivity contribution in [1.82, 2.24) is 10.2 Å². The number of carbonyl (C=O) groups is 1. The summed E-state index contributed by atoms with van der Waals surface area (Å²) in [5.74, 6) is 0.425. The van der Waals surface area contributed by atoms with Crippen LogP contribution in [0.25, 0.3) is 0 Å². The molecule has 22 heavy (non-hydrogen) atoms. The molecule has 2 aromatic rings. The molecule has 0 spiro atoms. The van der Waals surface area contributed by atoms with E-state index in [1.165, 1.54) is 11.1 Å². The number of aromatic nitrogens is 2. The number of rotatable bonds is 1. The minimum absolute atomic E-state index is 0.126. The van der Waals surface area contributed by atoms with Crippen LogP contribution in [0.1, 0.15) is 33.9 Å². The molecule has 2 aliphatic heterocycles. The normalized spacial score (nSPS) is 19.6. The number of carbonyl (C=O) groups excluding carboxylic acids is 1. The molecule has 2 N–H and O–H groups in total. The molecule has 5 nitrogen and oxygen atoms in total. The topological polar surface area (TPSA) is 67.0 Å². The van der Waals surface area contributed by atoms with Gasteiger partial charge in [0.05, 0.1) is 11.3 Å². The van der Waals surface area contributed by atoms with Gasteiger partial charge in [-0.1, -0.05) is 18.2 Å². The molecule has 0 saturated carbocycles. The van der Waals surface area contributed by atoms with Crippen molar-refractivity contribution in [3.63, 3.8) is 0 Å². The second kappa shape index (κ2) is 4.47. The number of aryl methyl sites for hydroxylation is 3. The first-order valence-corrected chi connectivity index (χ1v) is 7.35. The van der Waals surface area contributed by atoms with Gasteiger partial charge in [0.1, 0.15) is 6.61 Å². The highest BCUT2D eigenvalue weighted by Gasteiger charge is 2.40. The average molecular weight is 295 g/mol. The minimum atomic E-state index is -0.239. The Hall–Kier alpha value is -2.56. The molecule has 1 atom stereocenters. The molecule has 112 valence electrons. The second-order valence-corrected chi connectivity index (χ2v) is 5.98. The number of nitrogens with zero attached hydrogens (tertiary/aromatic N) is 1. The summed E-state index contributed by atoms with van der Waals surface area (Å²) in [6, 6.07) is 6.34. The SMILES string of the molecule is Cc1ccc([C@H]2C3=C(COC3=O)Nc3n[nH]c(C)c32)cc1C. The third kappa shape index (κ3) is 1.71. The lowest BCUT2D eigenvalue weighted by Gasteiger charge is -2.24. The van der Waals surface area contributed by atoms with Crippen molar-refractivity contribution in [1.29, 1.82) is 0 Å². The number of anilines is 1. The minimum Gasteiger partial charge on any atom is -0.456 e. The third-order valence-electron chi connectivity index (χ3n) is 4.60. The van der Waals surface area contributed by atoms with Gasteiger partial charge in [-0.3, -0.25) is 5.10 Å². The van der Waals surface area contributed by atoms with Gasteiger partial charge in [-0.2, -0.15) is 5.10 Å². The van der Waals surface area contributed by atoms with Crippen LogP contribution in [-0.2, 0) is 9.53 Å². The first-order chi connectivity index (χ1) is 10.6. The van der Waals surface area contributed by atoms with Crippen molar-refractivity contribution in [2.24, 2.45) is 0 Å². The fourth-order valence-electron chi connectivity index (χ4n) is 3.26.